The van der Waals surface area contributed by atoms with Crippen molar-refractivity contribution < 1.29 is 9.47 Å². The van der Waals surface area contributed by atoms with Crippen LogP contribution < -0.4 is 20.5 Å². The van der Waals surface area contributed by atoms with Crippen molar-refractivity contribution >= 4 is 28.7 Å². The Balaban J connectivity index is 2.37. The molecule has 0 bridgehead atoms. The van der Waals surface area contributed by atoms with Gasteiger partial charge in [-0.25, -0.2) is 0 Å². The van der Waals surface area contributed by atoms with Crippen LogP contribution in [0.3, 0.4) is 0 Å². The van der Waals surface area contributed by atoms with Crippen LogP contribution in [0.2, 0.25) is 0 Å². The second-order valence-corrected chi connectivity index (χ2v) is 4.32. The molecule has 104 valence electrons. The predicted octanol–water partition coefficient (Wildman–Crippen LogP) is 1.87. The summed E-state index contributed by atoms with van der Waals surface area (Å²) in [4.78, 5) is 0.247. The van der Waals surface area contributed by atoms with Crippen LogP contribution in [0.1, 0.15) is 5.56 Å². The van der Waals surface area contributed by atoms with Crippen LogP contribution in [0, 0.1) is 0 Å². The van der Waals surface area contributed by atoms with E-state index in [9.17, 15) is 0 Å². The number of hydrogen-bond donors (Lipinski definition) is 2. The molecule has 0 unspecified atom stereocenters. The van der Waals surface area contributed by atoms with Gasteiger partial charge in [0.25, 0.3) is 0 Å². The smallest absolute Gasteiger partial charge is 0.163 e. The minimum atomic E-state index is 0.247. The van der Waals surface area contributed by atoms with E-state index < -0.39 is 0 Å². The monoisotopic (exact) mass is 290 g/mol. The molecule has 2 aromatic rings. The summed E-state index contributed by atoms with van der Waals surface area (Å²) >= 11 is 4.98. The van der Waals surface area contributed by atoms with Crippen LogP contribution in [0.4, 0.5) is 11.5 Å². The van der Waals surface area contributed by atoms with Crippen LogP contribution in [0.5, 0.6) is 11.5 Å². The number of methoxy groups -OCH3 is 2. The Morgan fingerprint density at radius 3 is 2.40 bits per heavy atom. The van der Waals surface area contributed by atoms with E-state index >= 15 is 0 Å². The van der Waals surface area contributed by atoms with Crippen molar-refractivity contribution in [2.24, 2.45) is 5.73 Å². The highest BCUT2D eigenvalue weighted by molar-refractivity contribution is 7.80. The highest BCUT2D eigenvalue weighted by Gasteiger charge is 2.09. The molecule has 7 heteroatoms. The van der Waals surface area contributed by atoms with E-state index in [1.165, 1.54) is 6.20 Å². The standard InChI is InChI=1S/C13H14N4O2S/c1-18-9-5-8(6-10(7-9)19-2)16-13-11(12(14)20)3-4-15-17-13/h3-7H,1-2H3,(H2,14,20)(H,16,17). The van der Waals surface area contributed by atoms with E-state index in [1.54, 1.807) is 38.5 Å². The summed E-state index contributed by atoms with van der Waals surface area (Å²) in [7, 11) is 3.17. The van der Waals surface area contributed by atoms with Crippen molar-refractivity contribution in [3.63, 3.8) is 0 Å². The lowest BCUT2D eigenvalue weighted by molar-refractivity contribution is 0.395. The maximum absolute atomic E-state index is 5.65. The molecule has 0 fully saturated rings. The normalized spacial score (nSPS) is 9.90. The predicted molar refractivity (Wildman–Crippen MR) is 80.7 cm³/mol. The molecule has 0 saturated heterocycles. The molecule has 1 heterocycles. The minimum absolute atomic E-state index is 0.247. The molecule has 2 rings (SSSR count). The summed E-state index contributed by atoms with van der Waals surface area (Å²) in [6.07, 6.45) is 1.53. The van der Waals surface area contributed by atoms with Crippen molar-refractivity contribution in [1.82, 2.24) is 10.2 Å². The van der Waals surface area contributed by atoms with Crippen LogP contribution >= 0.6 is 12.2 Å². The average molecular weight is 290 g/mol. The summed E-state index contributed by atoms with van der Waals surface area (Å²) in [5, 5.41) is 10.9. The summed E-state index contributed by atoms with van der Waals surface area (Å²) in [6.45, 7) is 0. The topological polar surface area (TPSA) is 82.3 Å². The van der Waals surface area contributed by atoms with E-state index in [0.29, 0.717) is 22.9 Å². The first-order valence-electron chi connectivity index (χ1n) is 5.75. The van der Waals surface area contributed by atoms with Crippen LogP contribution in [-0.2, 0) is 0 Å². The fraction of sp³-hybridized carbons (Fsp3) is 0.154. The van der Waals surface area contributed by atoms with Crippen LogP contribution in [0.25, 0.3) is 0 Å². The lowest BCUT2D eigenvalue weighted by Gasteiger charge is -2.11. The van der Waals surface area contributed by atoms with Gasteiger partial charge in [-0.05, 0) is 6.07 Å². The second-order valence-electron chi connectivity index (χ2n) is 3.88. The third kappa shape index (κ3) is 3.12. The second kappa shape index (κ2) is 6.16. The Bertz CT molecular complexity index is 611. The van der Waals surface area contributed by atoms with Crippen molar-refractivity contribution in [3.8, 4) is 11.5 Å². The number of aromatic nitrogens is 2. The molecule has 0 atom stereocenters. The number of hydrogen-bond acceptors (Lipinski definition) is 6. The third-order valence-electron chi connectivity index (χ3n) is 2.60. The van der Waals surface area contributed by atoms with Gasteiger partial charge in [-0.1, -0.05) is 12.2 Å². The number of nitrogens with one attached hydrogen (secondary N) is 1. The molecule has 0 aliphatic heterocycles. The zero-order valence-corrected chi connectivity index (χ0v) is 11.9. The van der Waals surface area contributed by atoms with Gasteiger partial charge < -0.3 is 20.5 Å². The first-order chi connectivity index (χ1) is 9.63. The summed E-state index contributed by atoms with van der Waals surface area (Å²) in [6, 6.07) is 7.09. The summed E-state index contributed by atoms with van der Waals surface area (Å²) in [5.74, 6) is 1.80. The number of thiocarbonyl (C=S) groups is 1. The molecular weight excluding hydrogens is 276 g/mol. The fourth-order valence-corrected chi connectivity index (χ4v) is 1.80. The van der Waals surface area contributed by atoms with Gasteiger partial charge in [0.2, 0.25) is 0 Å². The van der Waals surface area contributed by atoms with Crippen molar-refractivity contribution in [2.45, 2.75) is 0 Å². The van der Waals surface area contributed by atoms with Gasteiger partial charge in [0.1, 0.15) is 16.5 Å². The lowest BCUT2D eigenvalue weighted by atomic mass is 10.2. The quantitative estimate of drug-likeness (QED) is 0.813. The number of ether oxygens (including phenoxy) is 2. The van der Waals surface area contributed by atoms with Crippen LogP contribution in [0.15, 0.2) is 30.5 Å². The van der Waals surface area contributed by atoms with E-state index in [2.05, 4.69) is 15.5 Å². The van der Waals surface area contributed by atoms with E-state index in [1.807, 2.05) is 0 Å². The van der Waals surface area contributed by atoms with Gasteiger partial charge in [-0.15, -0.1) is 5.10 Å². The molecule has 0 aliphatic rings. The molecule has 1 aromatic carbocycles. The molecule has 0 saturated carbocycles. The van der Waals surface area contributed by atoms with Gasteiger partial charge in [-0.3, -0.25) is 0 Å². The highest BCUT2D eigenvalue weighted by Crippen LogP contribution is 2.28. The lowest BCUT2D eigenvalue weighted by Crippen LogP contribution is -2.13. The largest absolute Gasteiger partial charge is 0.497 e. The summed E-state index contributed by atoms with van der Waals surface area (Å²) in [5.41, 5.74) is 7.01. The Kier molecular flexibility index (Phi) is 4.31. The van der Waals surface area contributed by atoms with Gasteiger partial charge in [0, 0.05) is 23.9 Å². The first kappa shape index (κ1) is 14.0. The number of nitrogens with two attached hydrogens (primary N) is 1. The van der Waals surface area contributed by atoms with Gasteiger partial charge >= 0.3 is 0 Å². The van der Waals surface area contributed by atoms with E-state index in [0.717, 1.165) is 5.69 Å². The number of rotatable bonds is 5. The van der Waals surface area contributed by atoms with E-state index in [4.69, 9.17) is 27.4 Å². The molecule has 0 amide bonds. The van der Waals surface area contributed by atoms with Gasteiger partial charge in [-0.2, -0.15) is 5.10 Å². The minimum Gasteiger partial charge on any atom is -0.497 e. The Morgan fingerprint density at radius 2 is 1.85 bits per heavy atom. The van der Waals surface area contributed by atoms with Crippen molar-refractivity contribution in [1.29, 1.82) is 0 Å². The Labute approximate surface area is 121 Å². The molecule has 6 nitrogen and oxygen atoms in total. The van der Waals surface area contributed by atoms with Gasteiger partial charge in [0.05, 0.1) is 26.0 Å². The molecule has 0 spiro atoms. The zero-order chi connectivity index (χ0) is 14.5. The number of benzene rings is 1. The Morgan fingerprint density at radius 1 is 1.20 bits per heavy atom. The van der Waals surface area contributed by atoms with Crippen molar-refractivity contribution in [3.05, 3.63) is 36.0 Å². The number of anilines is 2. The van der Waals surface area contributed by atoms with Crippen LogP contribution in [-0.4, -0.2) is 29.4 Å². The highest BCUT2D eigenvalue weighted by atomic mass is 32.1. The average Bonchev–Trinajstić information content (AvgIpc) is 2.47. The maximum atomic E-state index is 5.65. The molecule has 1 aromatic heterocycles. The molecule has 0 aliphatic carbocycles. The van der Waals surface area contributed by atoms with Gasteiger partial charge in [0.15, 0.2) is 5.82 Å². The first-order valence-corrected chi connectivity index (χ1v) is 6.16. The number of nitrogens with zero attached hydrogens (tertiary/aromatic N) is 2. The molecular formula is C13H14N4O2S. The molecule has 3 N–H and O–H groups in total. The fourth-order valence-electron chi connectivity index (χ4n) is 1.64. The maximum Gasteiger partial charge on any atom is 0.163 e. The van der Waals surface area contributed by atoms with Crippen molar-refractivity contribution in [2.75, 3.05) is 19.5 Å². The van der Waals surface area contributed by atoms with E-state index in [-0.39, 0.29) is 4.99 Å². The summed E-state index contributed by atoms with van der Waals surface area (Å²) < 4.78 is 10.4. The Hall–Kier alpha value is -2.41. The molecule has 20 heavy (non-hydrogen) atoms. The third-order valence-corrected chi connectivity index (χ3v) is 2.82. The zero-order valence-electron chi connectivity index (χ0n) is 11.1. The molecule has 0 radical (unpaired) electrons. The SMILES string of the molecule is COc1cc(Nc2nnccc2C(N)=S)cc(OC)c1.